The van der Waals surface area contributed by atoms with Crippen molar-refractivity contribution < 1.29 is 68.2 Å². The van der Waals surface area contributed by atoms with E-state index >= 15 is 0 Å². The molecule has 1 aliphatic rings. The summed E-state index contributed by atoms with van der Waals surface area (Å²) < 4.78 is 33.4. The van der Waals surface area contributed by atoms with Gasteiger partial charge in [-0.05, 0) is 64.7 Å². The van der Waals surface area contributed by atoms with Crippen molar-refractivity contribution in [2.24, 2.45) is 0 Å². The number of esters is 2. The predicted octanol–water partition coefficient (Wildman–Crippen LogP) is 7.36. The normalized spacial score (nSPS) is 23.1. The van der Waals surface area contributed by atoms with Gasteiger partial charge in [0, 0.05) is 12.8 Å². The van der Waals surface area contributed by atoms with Gasteiger partial charge in [0.15, 0.2) is 6.10 Å². The van der Waals surface area contributed by atoms with Crippen LogP contribution in [0.5, 0.6) is 0 Å². The maximum absolute atomic E-state index is 12.8. The van der Waals surface area contributed by atoms with Crippen LogP contribution in [0, 0.1) is 0 Å². The van der Waals surface area contributed by atoms with Crippen LogP contribution in [0.3, 0.4) is 0 Å². The summed E-state index contributed by atoms with van der Waals surface area (Å²) >= 11 is 0. The van der Waals surface area contributed by atoms with Gasteiger partial charge in [0.25, 0.3) is 0 Å². The number of aliphatic hydroxyl groups is 6. The van der Waals surface area contributed by atoms with Gasteiger partial charge in [0.2, 0.25) is 0 Å². The third kappa shape index (κ3) is 28.4. The second-order valence-electron chi connectivity index (χ2n) is 15.8. The largest absolute Gasteiger partial charge is 0.472 e. The van der Waals surface area contributed by atoms with Crippen molar-refractivity contribution in [2.45, 2.75) is 210 Å². The highest BCUT2D eigenvalue weighted by Gasteiger charge is 2.51. The van der Waals surface area contributed by atoms with E-state index in [2.05, 4.69) is 43.4 Å². The molecule has 0 aromatic heterocycles. The Labute approximate surface area is 359 Å². The van der Waals surface area contributed by atoms with Gasteiger partial charge in [0.05, 0.1) is 12.7 Å². The maximum Gasteiger partial charge on any atom is 0.472 e. The number of carbonyl (C=O) groups excluding carboxylic acids is 2. The van der Waals surface area contributed by atoms with Crippen molar-refractivity contribution in [1.29, 1.82) is 0 Å². The summed E-state index contributed by atoms with van der Waals surface area (Å²) in [5.74, 6) is -1.18. The highest BCUT2D eigenvalue weighted by Crippen LogP contribution is 2.47. The minimum absolute atomic E-state index is 0.0794. The summed E-state index contributed by atoms with van der Waals surface area (Å²) in [5, 5.41) is 59.3. The molecule has 1 aliphatic carbocycles. The average Bonchev–Trinajstić information content (AvgIpc) is 3.21. The molecule has 0 saturated heterocycles. The number of hydrogen-bond acceptors (Lipinski definition) is 13. The van der Waals surface area contributed by atoms with Crippen LogP contribution in [0.1, 0.15) is 162 Å². The van der Waals surface area contributed by atoms with Crippen LogP contribution in [0.2, 0.25) is 0 Å². The van der Waals surface area contributed by atoms with E-state index in [-0.39, 0.29) is 18.9 Å². The van der Waals surface area contributed by atoms with E-state index in [0.717, 1.165) is 64.2 Å². The fourth-order valence-electron chi connectivity index (χ4n) is 6.53. The van der Waals surface area contributed by atoms with Crippen LogP contribution >= 0.6 is 7.82 Å². The van der Waals surface area contributed by atoms with Crippen molar-refractivity contribution in [3.63, 3.8) is 0 Å². The summed E-state index contributed by atoms with van der Waals surface area (Å²) in [6.07, 6.45) is 24.5. The molecule has 0 amide bonds. The zero-order valence-corrected chi connectivity index (χ0v) is 37.2. The fourth-order valence-corrected chi connectivity index (χ4v) is 7.51. The Morgan fingerprint density at radius 2 is 1.02 bits per heavy atom. The van der Waals surface area contributed by atoms with Gasteiger partial charge in [0.1, 0.15) is 43.2 Å². The van der Waals surface area contributed by atoms with Crippen molar-refractivity contribution in [3.8, 4) is 0 Å². The Morgan fingerprint density at radius 3 is 1.52 bits per heavy atom. The van der Waals surface area contributed by atoms with E-state index in [1.54, 1.807) is 6.92 Å². The predicted molar refractivity (Wildman–Crippen MR) is 232 cm³/mol. The van der Waals surface area contributed by atoms with Gasteiger partial charge in [-0.3, -0.25) is 18.6 Å². The Kier molecular flexibility index (Phi) is 32.8. The Balaban J connectivity index is 2.51. The van der Waals surface area contributed by atoms with Gasteiger partial charge in [-0.15, -0.1) is 0 Å². The monoisotopic (exact) mass is 875 g/mol. The minimum atomic E-state index is -5.13. The Morgan fingerprint density at radius 1 is 0.583 bits per heavy atom. The van der Waals surface area contributed by atoms with E-state index in [1.165, 1.54) is 51.4 Å². The van der Waals surface area contributed by atoms with Crippen molar-refractivity contribution in [1.82, 2.24) is 0 Å². The lowest BCUT2D eigenvalue weighted by Gasteiger charge is -2.41. The maximum atomic E-state index is 12.8. The van der Waals surface area contributed by atoms with Gasteiger partial charge < -0.3 is 45.0 Å². The van der Waals surface area contributed by atoms with Crippen LogP contribution in [0.25, 0.3) is 0 Å². The number of rotatable bonds is 36. The molecule has 348 valence electrons. The van der Waals surface area contributed by atoms with E-state index < -0.39 is 75.7 Å². The number of unbranched alkanes of at least 4 members (excludes halogenated alkanes) is 14. The van der Waals surface area contributed by atoms with Crippen LogP contribution < -0.4 is 0 Å². The highest BCUT2D eigenvalue weighted by molar-refractivity contribution is 7.47. The second-order valence-corrected chi connectivity index (χ2v) is 17.2. The molecule has 7 N–H and O–H groups in total. The molecule has 0 aromatic carbocycles. The summed E-state index contributed by atoms with van der Waals surface area (Å²) in [7, 11) is -5.13. The fraction of sp³-hybridized carbons (Fsp3) is 0.778. The first kappa shape index (κ1) is 55.8. The zero-order valence-electron chi connectivity index (χ0n) is 36.4. The molecule has 1 saturated carbocycles. The zero-order chi connectivity index (χ0) is 44.4. The van der Waals surface area contributed by atoms with Crippen molar-refractivity contribution >= 4 is 19.8 Å². The quantitative estimate of drug-likeness (QED) is 0.0141. The summed E-state index contributed by atoms with van der Waals surface area (Å²) in [4.78, 5) is 35.6. The molecule has 14 nitrogen and oxygen atoms in total. The Hall–Kier alpha value is -2.23. The van der Waals surface area contributed by atoms with Crippen LogP contribution in [-0.2, 0) is 32.7 Å². The molecular weight excluding hydrogens is 795 g/mol. The number of ether oxygens (including phenoxy) is 2. The van der Waals surface area contributed by atoms with Gasteiger partial charge >= 0.3 is 19.8 Å². The third-order valence-electron chi connectivity index (χ3n) is 10.2. The first-order valence-electron chi connectivity index (χ1n) is 22.5. The lowest BCUT2D eigenvalue weighted by Crippen LogP contribution is -2.64. The topological polar surface area (TPSA) is 230 Å². The van der Waals surface area contributed by atoms with E-state index in [0.29, 0.717) is 19.3 Å². The highest BCUT2D eigenvalue weighted by atomic mass is 31.2. The average molecular weight is 875 g/mol. The second kappa shape index (κ2) is 35.3. The number of aliphatic hydroxyl groups excluding tert-OH is 6. The lowest BCUT2D eigenvalue weighted by molar-refractivity contribution is -0.220. The van der Waals surface area contributed by atoms with Crippen LogP contribution in [0.4, 0.5) is 0 Å². The van der Waals surface area contributed by atoms with Gasteiger partial charge in [-0.1, -0.05) is 133 Å². The Bertz CT molecular complexity index is 1250. The number of phosphoric ester groups is 1. The van der Waals surface area contributed by atoms with Crippen LogP contribution in [0.15, 0.2) is 48.6 Å². The molecule has 3 unspecified atom stereocenters. The van der Waals surface area contributed by atoms with E-state index in [4.69, 9.17) is 18.5 Å². The number of allylic oxidation sites excluding steroid dienone is 8. The number of carbonyl (C=O) groups is 2. The molecule has 60 heavy (non-hydrogen) atoms. The molecule has 0 aromatic rings. The molecule has 0 radical (unpaired) electrons. The molecule has 15 heteroatoms. The van der Waals surface area contributed by atoms with Crippen molar-refractivity contribution in [3.05, 3.63) is 48.6 Å². The van der Waals surface area contributed by atoms with E-state index in [9.17, 15) is 49.7 Å². The molecule has 9 atom stereocenters. The molecule has 0 spiro atoms. The smallest absolute Gasteiger partial charge is 0.462 e. The first-order chi connectivity index (χ1) is 28.8. The minimum Gasteiger partial charge on any atom is -0.462 e. The molecule has 0 bridgehead atoms. The third-order valence-corrected chi connectivity index (χ3v) is 11.2. The molecule has 0 heterocycles. The number of phosphoric acid groups is 1. The summed E-state index contributed by atoms with van der Waals surface area (Å²) in [6.45, 7) is 2.79. The SMILES string of the molecule is CCCCCCCCCCCCCCCC(=O)O[C@H](COC(=O)CCC/C=C\C/C=C\C/C=C\C/C=C\CCC[C@@H](C)O)COP(=O)(O)OC1[C@H](O)[C@H](O)C(O)[C@H](O)[C@H]1O. The number of hydrogen-bond donors (Lipinski definition) is 7. The first-order valence-corrected chi connectivity index (χ1v) is 24.0. The summed E-state index contributed by atoms with van der Waals surface area (Å²) in [5.41, 5.74) is 0. The molecule has 1 fully saturated rings. The van der Waals surface area contributed by atoms with Gasteiger partial charge in [-0.25, -0.2) is 4.57 Å². The lowest BCUT2D eigenvalue weighted by atomic mass is 9.85. The van der Waals surface area contributed by atoms with Crippen LogP contribution in [-0.4, -0.2) is 110 Å². The standard InChI is InChI=1S/C45H79O14P/c1-3-4-5-6-7-8-9-13-18-21-24-27-30-33-39(48)58-37(35-57-60(54,55)59-45-43(52)41(50)40(49)42(51)44(45)53)34-56-38(47)32-29-26-23-20-17-15-12-10-11-14-16-19-22-25-28-31-36(2)46/h11-12,14-15,19-20,22-23,36-37,40-46,49-53H,3-10,13,16-18,21,24-35H2,1-2H3,(H,54,55)/b14-11-,15-12-,22-19-,23-20-/t36-,37-,40?,41-,42+,43-,44-,45?/m1/s1. The summed E-state index contributed by atoms with van der Waals surface area (Å²) in [6, 6.07) is 0. The molecular formula is C45H79O14P. The van der Waals surface area contributed by atoms with Gasteiger partial charge in [-0.2, -0.15) is 0 Å². The molecule has 1 rings (SSSR count). The van der Waals surface area contributed by atoms with Crippen molar-refractivity contribution in [2.75, 3.05) is 13.2 Å². The van der Waals surface area contributed by atoms with E-state index in [1.807, 2.05) is 12.2 Å². The molecule has 0 aliphatic heterocycles.